The van der Waals surface area contributed by atoms with Crippen molar-refractivity contribution in [1.29, 1.82) is 0 Å². The summed E-state index contributed by atoms with van der Waals surface area (Å²) in [6, 6.07) is 5.88. The number of pyridine rings is 1. The van der Waals surface area contributed by atoms with Crippen molar-refractivity contribution in [3.63, 3.8) is 0 Å². The molecule has 0 aliphatic carbocycles. The van der Waals surface area contributed by atoms with Gasteiger partial charge in [0.1, 0.15) is 0 Å². The Balaban J connectivity index is 1.91. The summed E-state index contributed by atoms with van der Waals surface area (Å²) in [5.74, 6) is 0. The zero-order chi connectivity index (χ0) is 15.3. The molecule has 2 rings (SSSR count). The van der Waals surface area contributed by atoms with E-state index in [9.17, 15) is 8.42 Å². The first kappa shape index (κ1) is 16.4. The monoisotopic (exact) mass is 312 g/mol. The first-order valence-electron chi connectivity index (χ1n) is 7.45. The number of rotatable bonds is 6. The molecule has 6 nitrogen and oxygen atoms in total. The summed E-state index contributed by atoms with van der Waals surface area (Å²) in [5, 5.41) is 0. The molecule has 7 heteroatoms. The minimum absolute atomic E-state index is 0.521. The van der Waals surface area contributed by atoms with E-state index in [4.69, 9.17) is 0 Å². The Labute approximate surface area is 127 Å². The maximum absolute atomic E-state index is 12.4. The number of nitrogens with zero attached hydrogens (tertiary/aromatic N) is 4. The quantitative estimate of drug-likeness (QED) is 0.779. The number of hydrogen-bond donors (Lipinski definition) is 0. The smallest absolute Gasteiger partial charge is 0.282 e. The molecule has 0 bridgehead atoms. The molecule has 1 aromatic rings. The molecule has 0 spiro atoms. The van der Waals surface area contributed by atoms with Crippen molar-refractivity contribution in [3.8, 4) is 0 Å². The van der Waals surface area contributed by atoms with Crippen molar-refractivity contribution in [3.05, 3.63) is 30.1 Å². The highest BCUT2D eigenvalue weighted by Gasteiger charge is 2.30. The lowest BCUT2D eigenvalue weighted by Crippen LogP contribution is -2.52. The molecule has 1 aromatic heterocycles. The fourth-order valence-electron chi connectivity index (χ4n) is 2.55. The third kappa shape index (κ3) is 4.00. The lowest BCUT2D eigenvalue weighted by atomic mass is 10.3. The second kappa shape index (κ2) is 7.31. The summed E-state index contributed by atoms with van der Waals surface area (Å²) >= 11 is 0. The molecule has 1 fully saturated rings. The molecule has 21 heavy (non-hydrogen) atoms. The van der Waals surface area contributed by atoms with Gasteiger partial charge in [-0.3, -0.25) is 9.88 Å². The van der Waals surface area contributed by atoms with E-state index < -0.39 is 10.2 Å². The third-order valence-electron chi connectivity index (χ3n) is 3.80. The Morgan fingerprint density at radius 3 is 2.33 bits per heavy atom. The largest absolute Gasteiger partial charge is 0.295 e. The van der Waals surface area contributed by atoms with Crippen LogP contribution >= 0.6 is 0 Å². The summed E-state index contributed by atoms with van der Waals surface area (Å²) in [6.45, 7) is 8.15. The third-order valence-corrected chi connectivity index (χ3v) is 5.99. The minimum Gasteiger partial charge on any atom is -0.295 e. The SMILES string of the molecule is CCN(CC)S(=O)(=O)N1CCN(Cc2ccccn2)CC1. The van der Waals surface area contributed by atoms with Gasteiger partial charge < -0.3 is 0 Å². The summed E-state index contributed by atoms with van der Waals surface area (Å²) < 4.78 is 28.0. The molecule has 2 heterocycles. The van der Waals surface area contributed by atoms with Crippen LogP contribution in [0.4, 0.5) is 0 Å². The van der Waals surface area contributed by atoms with Gasteiger partial charge in [-0.25, -0.2) is 0 Å². The molecule has 118 valence electrons. The summed E-state index contributed by atoms with van der Waals surface area (Å²) in [6.07, 6.45) is 1.79. The molecular weight excluding hydrogens is 288 g/mol. The predicted octanol–water partition coefficient (Wildman–Crippen LogP) is 0.786. The van der Waals surface area contributed by atoms with Crippen LogP contribution in [0.25, 0.3) is 0 Å². The topological polar surface area (TPSA) is 56.8 Å². The Hall–Kier alpha value is -1.02. The number of aromatic nitrogens is 1. The molecule has 1 saturated heterocycles. The van der Waals surface area contributed by atoms with Crippen LogP contribution in [0.3, 0.4) is 0 Å². The fraction of sp³-hybridized carbons (Fsp3) is 0.643. The van der Waals surface area contributed by atoms with Gasteiger partial charge in [-0.1, -0.05) is 19.9 Å². The van der Waals surface area contributed by atoms with Crippen molar-refractivity contribution in [2.45, 2.75) is 20.4 Å². The molecule has 1 aliphatic heterocycles. The Kier molecular flexibility index (Phi) is 5.69. The van der Waals surface area contributed by atoms with E-state index in [1.807, 2.05) is 32.0 Å². The highest BCUT2D eigenvalue weighted by molar-refractivity contribution is 7.86. The van der Waals surface area contributed by atoms with Gasteiger partial charge >= 0.3 is 0 Å². The van der Waals surface area contributed by atoms with Crippen LogP contribution in [0, 0.1) is 0 Å². The van der Waals surface area contributed by atoms with Gasteiger partial charge in [0.2, 0.25) is 0 Å². The first-order valence-corrected chi connectivity index (χ1v) is 8.85. The fourth-order valence-corrected chi connectivity index (χ4v) is 4.16. The van der Waals surface area contributed by atoms with E-state index in [2.05, 4.69) is 9.88 Å². The molecular formula is C14H24N4O2S. The molecule has 1 aliphatic rings. The zero-order valence-electron chi connectivity index (χ0n) is 12.8. The standard InChI is InChI=1S/C14H24N4O2S/c1-3-17(4-2)21(19,20)18-11-9-16(10-12-18)13-14-7-5-6-8-15-14/h5-8H,3-4,9-13H2,1-2H3. The summed E-state index contributed by atoms with van der Waals surface area (Å²) in [7, 11) is -3.30. The van der Waals surface area contributed by atoms with E-state index >= 15 is 0 Å². The van der Waals surface area contributed by atoms with E-state index in [1.165, 1.54) is 4.31 Å². The normalized spacial score (nSPS) is 18.2. The number of piperazine rings is 1. The van der Waals surface area contributed by atoms with Crippen LogP contribution < -0.4 is 0 Å². The van der Waals surface area contributed by atoms with Crippen LogP contribution in [0.1, 0.15) is 19.5 Å². The Morgan fingerprint density at radius 1 is 1.14 bits per heavy atom. The van der Waals surface area contributed by atoms with E-state index in [0.29, 0.717) is 26.2 Å². The lowest BCUT2D eigenvalue weighted by Gasteiger charge is -2.36. The van der Waals surface area contributed by atoms with E-state index in [1.54, 1.807) is 10.5 Å². The average molecular weight is 312 g/mol. The molecule has 0 saturated carbocycles. The van der Waals surface area contributed by atoms with Crippen molar-refractivity contribution in [2.24, 2.45) is 0 Å². The van der Waals surface area contributed by atoms with Crippen LogP contribution in [-0.2, 0) is 16.8 Å². The van der Waals surface area contributed by atoms with Crippen molar-refractivity contribution >= 4 is 10.2 Å². The number of hydrogen-bond acceptors (Lipinski definition) is 4. The van der Waals surface area contributed by atoms with Crippen LogP contribution in [0.15, 0.2) is 24.4 Å². The zero-order valence-corrected chi connectivity index (χ0v) is 13.6. The van der Waals surface area contributed by atoms with Gasteiger partial charge in [0, 0.05) is 52.0 Å². The summed E-state index contributed by atoms with van der Waals surface area (Å²) in [4.78, 5) is 6.56. The van der Waals surface area contributed by atoms with Crippen LogP contribution in [0.5, 0.6) is 0 Å². The van der Waals surface area contributed by atoms with Gasteiger partial charge in [0.15, 0.2) is 0 Å². The molecule has 0 N–H and O–H groups in total. The van der Waals surface area contributed by atoms with E-state index in [-0.39, 0.29) is 0 Å². The second-order valence-corrected chi connectivity index (χ2v) is 7.02. The van der Waals surface area contributed by atoms with Gasteiger partial charge in [-0.15, -0.1) is 0 Å². The van der Waals surface area contributed by atoms with Crippen LogP contribution in [-0.4, -0.2) is 66.2 Å². The average Bonchev–Trinajstić information content (AvgIpc) is 2.50. The van der Waals surface area contributed by atoms with Gasteiger partial charge in [0.05, 0.1) is 5.69 Å². The van der Waals surface area contributed by atoms with E-state index in [0.717, 1.165) is 25.3 Å². The second-order valence-electron chi connectivity index (χ2n) is 5.09. The first-order chi connectivity index (χ1) is 10.1. The highest BCUT2D eigenvalue weighted by Crippen LogP contribution is 2.13. The molecule has 0 amide bonds. The predicted molar refractivity (Wildman–Crippen MR) is 82.9 cm³/mol. The maximum atomic E-state index is 12.4. The molecule has 0 unspecified atom stereocenters. The Morgan fingerprint density at radius 2 is 1.81 bits per heavy atom. The Bertz CT molecular complexity index is 523. The molecule has 0 radical (unpaired) electrons. The van der Waals surface area contributed by atoms with Crippen molar-refractivity contribution < 1.29 is 8.42 Å². The molecule has 0 aromatic carbocycles. The maximum Gasteiger partial charge on any atom is 0.282 e. The lowest BCUT2D eigenvalue weighted by molar-refractivity contribution is 0.174. The van der Waals surface area contributed by atoms with Crippen molar-refractivity contribution in [2.75, 3.05) is 39.3 Å². The van der Waals surface area contributed by atoms with Gasteiger partial charge in [0.25, 0.3) is 10.2 Å². The molecule has 0 atom stereocenters. The van der Waals surface area contributed by atoms with Crippen LogP contribution in [0.2, 0.25) is 0 Å². The minimum atomic E-state index is -3.30. The van der Waals surface area contributed by atoms with Gasteiger partial charge in [-0.05, 0) is 12.1 Å². The highest BCUT2D eigenvalue weighted by atomic mass is 32.2. The van der Waals surface area contributed by atoms with Gasteiger partial charge in [-0.2, -0.15) is 17.0 Å². The van der Waals surface area contributed by atoms with Crippen molar-refractivity contribution in [1.82, 2.24) is 18.5 Å². The summed E-state index contributed by atoms with van der Waals surface area (Å²) in [5.41, 5.74) is 1.03.